The van der Waals surface area contributed by atoms with Crippen molar-refractivity contribution in [3.05, 3.63) is 57.6 Å². The number of halogens is 2. The maximum atomic E-state index is 6.29. The fraction of sp³-hybridized carbons (Fsp3) is 0.250. The van der Waals surface area contributed by atoms with Crippen LogP contribution in [-0.2, 0) is 13.2 Å². The van der Waals surface area contributed by atoms with Crippen LogP contribution in [0.2, 0.25) is 10.0 Å². The molecule has 2 aromatic rings. The molecule has 0 amide bonds. The van der Waals surface area contributed by atoms with Crippen LogP contribution in [0.25, 0.3) is 0 Å². The van der Waals surface area contributed by atoms with Crippen LogP contribution in [0.3, 0.4) is 0 Å². The van der Waals surface area contributed by atoms with Gasteiger partial charge in [-0.15, -0.1) is 0 Å². The highest BCUT2D eigenvalue weighted by Gasteiger charge is 2.12. The second-order valence-electron chi connectivity index (χ2n) is 4.55. The van der Waals surface area contributed by atoms with Gasteiger partial charge in [-0.2, -0.15) is 0 Å². The first-order chi connectivity index (χ1) is 10.1. The van der Waals surface area contributed by atoms with Gasteiger partial charge in [-0.3, -0.25) is 0 Å². The summed E-state index contributed by atoms with van der Waals surface area (Å²) in [5.41, 5.74) is 2.05. The van der Waals surface area contributed by atoms with Crippen molar-refractivity contribution in [2.75, 3.05) is 14.2 Å². The molecule has 0 aliphatic heterocycles. The molecule has 0 spiro atoms. The average Bonchev–Trinajstić information content (AvgIpc) is 2.47. The van der Waals surface area contributed by atoms with Gasteiger partial charge in [-0.05, 0) is 42.4 Å². The van der Waals surface area contributed by atoms with Crippen molar-refractivity contribution in [3.63, 3.8) is 0 Å². The minimum Gasteiger partial charge on any atom is -0.493 e. The Bertz CT molecular complexity index is 600. The first-order valence-electron chi connectivity index (χ1n) is 6.52. The van der Waals surface area contributed by atoms with E-state index in [9.17, 15) is 0 Å². The summed E-state index contributed by atoms with van der Waals surface area (Å²) in [5.74, 6) is 1.18. The normalized spacial score (nSPS) is 10.5. The van der Waals surface area contributed by atoms with Gasteiger partial charge in [-0.1, -0.05) is 35.3 Å². The zero-order chi connectivity index (χ0) is 15.2. The summed E-state index contributed by atoms with van der Waals surface area (Å²) in [6.07, 6.45) is 0. The zero-order valence-corrected chi connectivity index (χ0v) is 13.5. The molecule has 5 heteroatoms. The van der Waals surface area contributed by atoms with Gasteiger partial charge >= 0.3 is 0 Å². The lowest BCUT2D eigenvalue weighted by molar-refractivity contribution is 0.284. The number of nitrogens with one attached hydrogen (secondary N) is 1. The quantitative estimate of drug-likeness (QED) is 0.858. The summed E-state index contributed by atoms with van der Waals surface area (Å²) in [4.78, 5) is 0. The van der Waals surface area contributed by atoms with E-state index in [1.165, 1.54) is 0 Å². The molecule has 0 atom stereocenters. The molecule has 0 unspecified atom stereocenters. The van der Waals surface area contributed by atoms with Gasteiger partial charge in [-0.25, -0.2) is 0 Å². The molecule has 0 heterocycles. The van der Waals surface area contributed by atoms with E-state index < -0.39 is 0 Å². The summed E-state index contributed by atoms with van der Waals surface area (Å²) in [6, 6.07) is 11.3. The summed E-state index contributed by atoms with van der Waals surface area (Å²) < 4.78 is 11.2. The van der Waals surface area contributed by atoms with Crippen LogP contribution in [0.15, 0.2) is 36.4 Å². The van der Waals surface area contributed by atoms with Crippen molar-refractivity contribution >= 4 is 23.2 Å². The Balaban J connectivity index is 2.16. The number of hydrogen-bond donors (Lipinski definition) is 1. The highest BCUT2D eigenvalue weighted by Crippen LogP contribution is 2.37. The molecule has 2 aromatic carbocycles. The topological polar surface area (TPSA) is 30.5 Å². The third-order valence-electron chi connectivity index (χ3n) is 2.97. The van der Waals surface area contributed by atoms with Crippen LogP contribution in [0.1, 0.15) is 11.1 Å². The second-order valence-corrected chi connectivity index (χ2v) is 5.40. The Hall–Kier alpha value is -1.42. The highest BCUT2D eigenvalue weighted by atomic mass is 35.5. The van der Waals surface area contributed by atoms with E-state index in [2.05, 4.69) is 5.32 Å². The van der Waals surface area contributed by atoms with Crippen LogP contribution in [0.5, 0.6) is 11.5 Å². The summed E-state index contributed by atoms with van der Waals surface area (Å²) in [5, 5.41) is 4.31. The number of rotatable bonds is 6. The molecule has 0 radical (unpaired) electrons. The van der Waals surface area contributed by atoms with Crippen LogP contribution >= 0.6 is 23.2 Å². The predicted octanol–water partition coefficient (Wildman–Crippen LogP) is 4.30. The van der Waals surface area contributed by atoms with Crippen LogP contribution in [0.4, 0.5) is 0 Å². The molecule has 1 N–H and O–H groups in total. The maximum absolute atomic E-state index is 6.29. The lowest BCUT2D eigenvalue weighted by Crippen LogP contribution is -2.06. The summed E-state index contributed by atoms with van der Waals surface area (Å²) >= 11 is 12.1. The van der Waals surface area contributed by atoms with E-state index in [0.717, 1.165) is 11.1 Å². The Morgan fingerprint density at radius 2 is 1.76 bits per heavy atom. The Kier molecular flexibility index (Phi) is 5.74. The predicted molar refractivity (Wildman–Crippen MR) is 86.6 cm³/mol. The van der Waals surface area contributed by atoms with Crippen molar-refractivity contribution in [1.29, 1.82) is 0 Å². The Labute approximate surface area is 134 Å². The van der Waals surface area contributed by atoms with Crippen molar-refractivity contribution < 1.29 is 9.47 Å². The fourth-order valence-electron chi connectivity index (χ4n) is 1.96. The first kappa shape index (κ1) is 16.0. The molecule has 0 aliphatic rings. The van der Waals surface area contributed by atoms with Gasteiger partial charge in [0.1, 0.15) is 6.61 Å². The molecule has 112 valence electrons. The van der Waals surface area contributed by atoms with Gasteiger partial charge in [0.05, 0.1) is 12.1 Å². The van der Waals surface area contributed by atoms with Crippen molar-refractivity contribution in [2.24, 2.45) is 0 Å². The van der Waals surface area contributed by atoms with E-state index in [-0.39, 0.29) is 0 Å². The third-order valence-corrected chi connectivity index (χ3v) is 3.50. The van der Waals surface area contributed by atoms with Gasteiger partial charge in [0.15, 0.2) is 11.5 Å². The van der Waals surface area contributed by atoms with E-state index >= 15 is 0 Å². The maximum Gasteiger partial charge on any atom is 0.180 e. The van der Waals surface area contributed by atoms with Crippen LogP contribution in [-0.4, -0.2) is 14.2 Å². The molecule has 0 fully saturated rings. The van der Waals surface area contributed by atoms with Gasteiger partial charge in [0.25, 0.3) is 0 Å². The molecular weight excluding hydrogens is 309 g/mol. The van der Waals surface area contributed by atoms with Gasteiger partial charge < -0.3 is 14.8 Å². The summed E-state index contributed by atoms with van der Waals surface area (Å²) in [6.45, 7) is 1.12. The van der Waals surface area contributed by atoms with Gasteiger partial charge in [0.2, 0.25) is 0 Å². The van der Waals surface area contributed by atoms with Crippen LogP contribution in [0, 0.1) is 0 Å². The Morgan fingerprint density at radius 1 is 1.05 bits per heavy atom. The van der Waals surface area contributed by atoms with E-state index in [1.807, 2.05) is 43.4 Å². The standard InChI is InChI=1S/C16H17Cl2NO2/c1-19-9-12-7-14(18)16(15(8-12)20-2)21-10-11-3-5-13(17)6-4-11/h3-8,19H,9-10H2,1-2H3. The monoisotopic (exact) mass is 325 g/mol. The molecule has 0 aromatic heterocycles. The second kappa shape index (κ2) is 7.55. The van der Waals surface area contributed by atoms with Crippen molar-refractivity contribution in [1.82, 2.24) is 5.32 Å². The lowest BCUT2D eigenvalue weighted by Gasteiger charge is -2.14. The SMILES string of the molecule is CNCc1cc(Cl)c(OCc2ccc(Cl)cc2)c(OC)c1. The highest BCUT2D eigenvalue weighted by molar-refractivity contribution is 6.32. The smallest absolute Gasteiger partial charge is 0.180 e. The average molecular weight is 326 g/mol. The van der Waals surface area contributed by atoms with E-state index in [1.54, 1.807) is 7.11 Å². The zero-order valence-electron chi connectivity index (χ0n) is 12.0. The first-order valence-corrected chi connectivity index (χ1v) is 7.28. The number of ether oxygens (including phenoxy) is 2. The van der Waals surface area contributed by atoms with E-state index in [0.29, 0.717) is 34.7 Å². The molecular formula is C16H17Cl2NO2. The number of methoxy groups -OCH3 is 1. The number of hydrogen-bond acceptors (Lipinski definition) is 3. The Morgan fingerprint density at radius 3 is 2.38 bits per heavy atom. The molecule has 0 saturated carbocycles. The molecule has 21 heavy (non-hydrogen) atoms. The third kappa shape index (κ3) is 4.27. The van der Waals surface area contributed by atoms with E-state index in [4.69, 9.17) is 32.7 Å². The fourth-order valence-corrected chi connectivity index (χ4v) is 2.37. The molecule has 0 saturated heterocycles. The number of benzene rings is 2. The lowest BCUT2D eigenvalue weighted by atomic mass is 10.2. The molecule has 0 bridgehead atoms. The molecule has 3 nitrogen and oxygen atoms in total. The molecule has 0 aliphatic carbocycles. The van der Waals surface area contributed by atoms with Crippen molar-refractivity contribution in [2.45, 2.75) is 13.2 Å². The van der Waals surface area contributed by atoms with Gasteiger partial charge in [0, 0.05) is 11.6 Å². The molecule has 2 rings (SSSR count). The van der Waals surface area contributed by atoms with Crippen molar-refractivity contribution in [3.8, 4) is 11.5 Å². The van der Waals surface area contributed by atoms with Crippen LogP contribution < -0.4 is 14.8 Å². The minimum absolute atomic E-state index is 0.401. The minimum atomic E-state index is 0.401. The summed E-state index contributed by atoms with van der Waals surface area (Å²) in [7, 11) is 3.48. The largest absolute Gasteiger partial charge is 0.493 e.